The standard InChI is InChI=1S/C12H13FO/c1-12(2,3)9-6-4-5-8-7-10(13)14-11(8)9/h4-7H,1-3H3. The smallest absolute Gasteiger partial charge is 0.278 e. The molecule has 0 spiro atoms. The van der Waals surface area contributed by atoms with Crippen LogP contribution in [0.3, 0.4) is 0 Å². The fourth-order valence-electron chi connectivity index (χ4n) is 1.62. The van der Waals surface area contributed by atoms with Crippen LogP contribution in [0.15, 0.2) is 28.7 Å². The first kappa shape index (κ1) is 9.25. The second-order valence-electron chi connectivity index (χ2n) is 4.52. The lowest BCUT2D eigenvalue weighted by Gasteiger charge is -2.18. The average Bonchev–Trinajstić information content (AvgIpc) is 2.41. The minimum atomic E-state index is -0.517. The molecule has 1 heterocycles. The number of hydrogen-bond donors (Lipinski definition) is 0. The second-order valence-corrected chi connectivity index (χ2v) is 4.52. The first-order valence-electron chi connectivity index (χ1n) is 4.67. The number of benzene rings is 1. The van der Waals surface area contributed by atoms with E-state index in [0.29, 0.717) is 5.58 Å². The highest BCUT2D eigenvalue weighted by Gasteiger charge is 2.19. The van der Waals surface area contributed by atoms with Gasteiger partial charge in [-0.15, -0.1) is 0 Å². The van der Waals surface area contributed by atoms with Crippen molar-refractivity contribution in [1.29, 1.82) is 0 Å². The molecule has 14 heavy (non-hydrogen) atoms. The predicted octanol–water partition coefficient (Wildman–Crippen LogP) is 3.87. The van der Waals surface area contributed by atoms with E-state index in [-0.39, 0.29) is 5.41 Å². The summed E-state index contributed by atoms with van der Waals surface area (Å²) in [6, 6.07) is 6.67. The van der Waals surface area contributed by atoms with Gasteiger partial charge in [0.25, 0.3) is 6.01 Å². The Bertz CT molecular complexity index is 463. The molecule has 0 aliphatic heterocycles. The van der Waals surface area contributed by atoms with E-state index in [1.807, 2.05) is 18.2 Å². The van der Waals surface area contributed by atoms with Crippen molar-refractivity contribution in [2.75, 3.05) is 0 Å². The molecule has 1 aromatic heterocycles. The lowest BCUT2D eigenvalue weighted by Crippen LogP contribution is -2.10. The molecule has 0 atom stereocenters. The lowest BCUT2D eigenvalue weighted by molar-refractivity contribution is 0.377. The van der Waals surface area contributed by atoms with Crippen molar-refractivity contribution in [3.63, 3.8) is 0 Å². The van der Waals surface area contributed by atoms with Crippen molar-refractivity contribution in [3.8, 4) is 0 Å². The number of para-hydroxylation sites is 1. The van der Waals surface area contributed by atoms with Crippen LogP contribution >= 0.6 is 0 Å². The highest BCUT2D eigenvalue weighted by atomic mass is 19.1. The van der Waals surface area contributed by atoms with Crippen molar-refractivity contribution in [2.24, 2.45) is 0 Å². The van der Waals surface area contributed by atoms with Gasteiger partial charge in [0.1, 0.15) is 5.58 Å². The molecule has 0 bridgehead atoms. The van der Waals surface area contributed by atoms with Gasteiger partial charge in [-0.05, 0) is 5.41 Å². The molecule has 74 valence electrons. The van der Waals surface area contributed by atoms with Gasteiger partial charge in [0, 0.05) is 17.0 Å². The van der Waals surface area contributed by atoms with Crippen molar-refractivity contribution in [3.05, 3.63) is 35.8 Å². The Hall–Kier alpha value is -1.31. The molecule has 0 fully saturated rings. The van der Waals surface area contributed by atoms with E-state index >= 15 is 0 Å². The van der Waals surface area contributed by atoms with Crippen molar-refractivity contribution >= 4 is 11.0 Å². The third-order valence-corrected chi connectivity index (χ3v) is 2.32. The van der Waals surface area contributed by atoms with Crippen LogP contribution < -0.4 is 0 Å². The van der Waals surface area contributed by atoms with Crippen LogP contribution in [-0.4, -0.2) is 0 Å². The topological polar surface area (TPSA) is 13.1 Å². The summed E-state index contributed by atoms with van der Waals surface area (Å²) in [5, 5.41) is 0.829. The minimum Gasteiger partial charge on any atom is -0.431 e. The zero-order valence-electron chi connectivity index (χ0n) is 8.60. The van der Waals surface area contributed by atoms with E-state index in [0.717, 1.165) is 10.9 Å². The third kappa shape index (κ3) is 1.41. The van der Waals surface area contributed by atoms with Gasteiger partial charge in [-0.1, -0.05) is 39.0 Å². The molecule has 0 N–H and O–H groups in total. The Morgan fingerprint density at radius 2 is 1.93 bits per heavy atom. The van der Waals surface area contributed by atoms with Crippen LogP contribution in [0.1, 0.15) is 26.3 Å². The maximum absolute atomic E-state index is 12.9. The number of fused-ring (bicyclic) bond motifs is 1. The number of halogens is 1. The third-order valence-electron chi connectivity index (χ3n) is 2.32. The maximum Gasteiger partial charge on any atom is 0.278 e. The van der Waals surface area contributed by atoms with Gasteiger partial charge in [-0.3, -0.25) is 0 Å². The molecule has 2 aromatic rings. The summed E-state index contributed by atoms with van der Waals surface area (Å²) < 4.78 is 18.0. The molecular weight excluding hydrogens is 179 g/mol. The molecule has 0 aliphatic carbocycles. The monoisotopic (exact) mass is 192 g/mol. The summed E-state index contributed by atoms with van der Waals surface area (Å²) in [6.07, 6.45) is 0. The van der Waals surface area contributed by atoms with E-state index in [9.17, 15) is 4.39 Å². The normalized spacial score (nSPS) is 12.3. The Labute approximate surface area is 82.5 Å². The highest BCUT2D eigenvalue weighted by molar-refractivity contribution is 5.81. The summed E-state index contributed by atoms with van der Waals surface area (Å²) in [5.41, 5.74) is 1.68. The number of furan rings is 1. The molecule has 0 saturated carbocycles. The van der Waals surface area contributed by atoms with Gasteiger partial charge in [0.05, 0.1) is 0 Å². The minimum absolute atomic E-state index is 0.0240. The summed E-state index contributed by atoms with van der Waals surface area (Å²) >= 11 is 0. The maximum atomic E-state index is 12.9. The zero-order valence-corrected chi connectivity index (χ0v) is 8.60. The molecule has 2 heteroatoms. The van der Waals surface area contributed by atoms with Crippen LogP contribution in [-0.2, 0) is 5.41 Å². The van der Waals surface area contributed by atoms with Crippen LogP contribution in [0.5, 0.6) is 0 Å². The van der Waals surface area contributed by atoms with Gasteiger partial charge in [0.15, 0.2) is 0 Å². The largest absolute Gasteiger partial charge is 0.431 e. The fourth-order valence-corrected chi connectivity index (χ4v) is 1.62. The summed E-state index contributed by atoms with van der Waals surface area (Å²) in [6.45, 7) is 6.26. The quantitative estimate of drug-likeness (QED) is 0.617. The van der Waals surface area contributed by atoms with Crippen molar-refractivity contribution in [2.45, 2.75) is 26.2 Å². The van der Waals surface area contributed by atoms with E-state index in [1.54, 1.807) is 0 Å². The van der Waals surface area contributed by atoms with Crippen LogP contribution in [0.25, 0.3) is 11.0 Å². The first-order chi connectivity index (χ1) is 6.48. The van der Waals surface area contributed by atoms with Crippen LogP contribution in [0, 0.1) is 6.01 Å². The fraction of sp³-hybridized carbons (Fsp3) is 0.333. The molecule has 0 amide bonds. The highest BCUT2D eigenvalue weighted by Crippen LogP contribution is 2.31. The Balaban J connectivity index is 2.77. The summed E-state index contributed by atoms with van der Waals surface area (Å²) in [4.78, 5) is 0. The molecule has 2 rings (SSSR count). The lowest BCUT2D eigenvalue weighted by atomic mass is 9.86. The molecule has 0 saturated heterocycles. The molecule has 0 unspecified atom stereocenters. The number of rotatable bonds is 0. The van der Waals surface area contributed by atoms with Crippen LogP contribution in [0.4, 0.5) is 4.39 Å². The average molecular weight is 192 g/mol. The first-order valence-corrected chi connectivity index (χ1v) is 4.67. The Kier molecular flexibility index (Phi) is 1.88. The van der Waals surface area contributed by atoms with Gasteiger partial charge in [-0.25, -0.2) is 0 Å². The van der Waals surface area contributed by atoms with E-state index in [4.69, 9.17) is 4.42 Å². The van der Waals surface area contributed by atoms with Gasteiger partial charge in [-0.2, -0.15) is 4.39 Å². The van der Waals surface area contributed by atoms with E-state index in [2.05, 4.69) is 20.8 Å². The molecule has 0 aliphatic rings. The van der Waals surface area contributed by atoms with Gasteiger partial charge < -0.3 is 4.42 Å². The van der Waals surface area contributed by atoms with Gasteiger partial charge >= 0.3 is 0 Å². The summed E-state index contributed by atoms with van der Waals surface area (Å²) in [7, 11) is 0. The molecular formula is C12H13FO. The Morgan fingerprint density at radius 1 is 1.21 bits per heavy atom. The predicted molar refractivity (Wildman–Crippen MR) is 54.9 cm³/mol. The van der Waals surface area contributed by atoms with Gasteiger partial charge in [0.2, 0.25) is 0 Å². The van der Waals surface area contributed by atoms with E-state index < -0.39 is 6.01 Å². The van der Waals surface area contributed by atoms with Crippen LogP contribution in [0.2, 0.25) is 0 Å². The van der Waals surface area contributed by atoms with E-state index in [1.165, 1.54) is 6.07 Å². The Morgan fingerprint density at radius 3 is 2.57 bits per heavy atom. The SMILES string of the molecule is CC(C)(C)c1cccc2cc(F)oc12. The number of hydrogen-bond acceptors (Lipinski definition) is 1. The molecule has 1 nitrogen and oxygen atoms in total. The second kappa shape index (κ2) is 2.84. The molecule has 1 aromatic carbocycles. The van der Waals surface area contributed by atoms with Crippen molar-refractivity contribution in [1.82, 2.24) is 0 Å². The molecule has 0 radical (unpaired) electrons. The summed E-state index contributed by atoms with van der Waals surface area (Å²) in [5.74, 6) is 0. The zero-order chi connectivity index (χ0) is 10.3. The van der Waals surface area contributed by atoms with Crippen molar-refractivity contribution < 1.29 is 8.81 Å².